The smallest absolute Gasteiger partial charge is 0.229 e. The number of aromatic amines is 1. The summed E-state index contributed by atoms with van der Waals surface area (Å²) in [6, 6.07) is 12.0. The first kappa shape index (κ1) is 26.3. The summed E-state index contributed by atoms with van der Waals surface area (Å²) in [4.78, 5) is 11.6. The molecule has 38 heavy (non-hydrogen) atoms. The molecule has 0 bridgehead atoms. The zero-order chi connectivity index (χ0) is 27.0. The lowest BCUT2D eigenvalue weighted by molar-refractivity contribution is 0.416. The van der Waals surface area contributed by atoms with Gasteiger partial charge in [0.25, 0.3) is 0 Å². The van der Waals surface area contributed by atoms with Crippen molar-refractivity contribution in [3.63, 3.8) is 0 Å². The summed E-state index contributed by atoms with van der Waals surface area (Å²) in [6.07, 6.45) is 4.44. The first-order valence-electron chi connectivity index (χ1n) is 12.4. The first-order chi connectivity index (χ1) is 18.2. The molecule has 2 aromatic heterocycles. The Kier molecular flexibility index (Phi) is 7.20. The molecule has 0 atom stereocenters. The van der Waals surface area contributed by atoms with E-state index in [4.69, 9.17) is 9.72 Å². The number of hydrogen-bond donors (Lipinski definition) is 3. The highest BCUT2D eigenvalue weighted by atomic mass is 79.9. The van der Waals surface area contributed by atoms with Gasteiger partial charge in [-0.2, -0.15) is 10.1 Å². The van der Waals surface area contributed by atoms with E-state index in [0.29, 0.717) is 28.0 Å². The quantitative estimate of drug-likeness (QED) is 0.218. The van der Waals surface area contributed by atoms with Gasteiger partial charge in [-0.05, 0) is 61.3 Å². The number of aromatic nitrogens is 4. The van der Waals surface area contributed by atoms with Crippen LogP contribution in [0.25, 0.3) is 11.1 Å². The van der Waals surface area contributed by atoms with Crippen molar-refractivity contribution in [2.24, 2.45) is 0 Å². The maximum atomic E-state index is 12.8. The van der Waals surface area contributed by atoms with Gasteiger partial charge in [-0.25, -0.2) is 4.98 Å². The number of fused-ring (bicyclic) bond motifs is 3. The van der Waals surface area contributed by atoms with Gasteiger partial charge in [0.2, 0.25) is 5.95 Å². The normalized spacial score (nSPS) is 13.1. The summed E-state index contributed by atoms with van der Waals surface area (Å²) < 4.78 is 19.3. The molecule has 5 rings (SSSR count). The fourth-order valence-electron chi connectivity index (χ4n) is 4.73. The molecular formula is C27H31BrN7O2P. The molecule has 0 amide bonds. The predicted octanol–water partition coefficient (Wildman–Crippen LogP) is 6.14. The number of methoxy groups -OCH3 is 1. The maximum Gasteiger partial charge on any atom is 0.229 e. The molecule has 1 aliphatic heterocycles. The number of hydrogen-bond acceptors (Lipinski definition) is 8. The minimum atomic E-state index is -2.50. The summed E-state index contributed by atoms with van der Waals surface area (Å²) in [7, 11) is -0.839. The van der Waals surface area contributed by atoms with Crippen molar-refractivity contribution in [2.75, 3.05) is 42.5 Å². The molecule has 0 aliphatic carbocycles. The van der Waals surface area contributed by atoms with E-state index in [1.807, 2.05) is 30.5 Å². The molecule has 3 N–H and O–H groups in total. The molecule has 0 spiro atoms. The Hall–Kier alpha value is -3.36. The molecule has 0 unspecified atom stereocenters. The van der Waals surface area contributed by atoms with Crippen molar-refractivity contribution in [3.8, 4) is 16.9 Å². The van der Waals surface area contributed by atoms with Gasteiger partial charge in [0.05, 0.1) is 29.2 Å². The summed E-state index contributed by atoms with van der Waals surface area (Å²) in [5.74, 6) is 1.63. The third kappa shape index (κ3) is 5.15. The summed E-state index contributed by atoms with van der Waals surface area (Å²) in [5.41, 5.74) is 5.84. The van der Waals surface area contributed by atoms with E-state index in [1.54, 1.807) is 26.6 Å². The SMILES string of the molecule is COc1cc2c(cc1Nc1ncc(Br)c(Nc3ccccc3P(C)(C)=O)n1)-c1cn[nH]c1CCN2C(C)C. The van der Waals surface area contributed by atoms with Crippen LogP contribution in [-0.2, 0) is 11.0 Å². The fraction of sp³-hybridized carbons (Fsp3) is 0.296. The van der Waals surface area contributed by atoms with Crippen LogP contribution in [-0.4, -0.2) is 53.2 Å². The van der Waals surface area contributed by atoms with Gasteiger partial charge >= 0.3 is 0 Å². The Morgan fingerprint density at radius 3 is 2.63 bits per heavy atom. The van der Waals surface area contributed by atoms with Crippen LogP contribution in [0.4, 0.5) is 28.8 Å². The largest absolute Gasteiger partial charge is 0.494 e. The van der Waals surface area contributed by atoms with Crippen molar-refractivity contribution in [3.05, 3.63) is 59.0 Å². The lowest BCUT2D eigenvalue weighted by atomic mass is 10.0. The number of halogens is 1. The fourth-order valence-corrected chi connectivity index (χ4v) is 6.17. The van der Waals surface area contributed by atoms with Crippen LogP contribution in [0.15, 0.2) is 53.3 Å². The Bertz CT molecular complexity index is 1530. The number of H-pyrrole nitrogens is 1. The first-order valence-corrected chi connectivity index (χ1v) is 15.8. The molecule has 198 valence electrons. The van der Waals surface area contributed by atoms with Gasteiger partial charge in [-0.1, -0.05) is 12.1 Å². The summed E-state index contributed by atoms with van der Waals surface area (Å²) in [6.45, 7) is 8.78. The van der Waals surface area contributed by atoms with Crippen LogP contribution >= 0.6 is 23.1 Å². The number of nitrogens with zero attached hydrogens (tertiary/aromatic N) is 4. The molecule has 3 heterocycles. The van der Waals surface area contributed by atoms with E-state index >= 15 is 0 Å². The van der Waals surface area contributed by atoms with E-state index in [2.05, 4.69) is 72.6 Å². The van der Waals surface area contributed by atoms with E-state index in [-0.39, 0.29) is 0 Å². The molecule has 0 saturated carbocycles. The lowest BCUT2D eigenvalue weighted by Crippen LogP contribution is -2.32. The summed E-state index contributed by atoms with van der Waals surface area (Å²) >= 11 is 3.54. The molecule has 0 radical (unpaired) electrons. The Morgan fingerprint density at radius 2 is 1.89 bits per heavy atom. The summed E-state index contributed by atoms with van der Waals surface area (Å²) in [5, 5.41) is 14.9. The molecule has 4 aromatic rings. The van der Waals surface area contributed by atoms with E-state index in [9.17, 15) is 4.57 Å². The molecule has 0 saturated heterocycles. The Labute approximate surface area is 230 Å². The number of ether oxygens (including phenoxy) is 1. The van der Waals surface area contributed by atoms with Gasteiger partial charge < -0.3 is 24.8 Å². The van der Waals surface area contributed by atoms with Crippen molar-refractivity contribution in [2.45, 2.75) is 26.3 Å². The van der Waals surface area contributed by atoms with Crippen LogP contribution in [0, 0.1) is 0 Å². The number of anilines is 5. The van der Waals surface area contributed by atoms with E-state index in [0.717, 1.165) is 52.2 Å². The molecule has 9 nitrogen and oxygen atoms in total. The maximum absolute atomic E-state index is 12.8. The predicted molar refractivity (Wildman–Crippen MR) is 159 cm³/mol. The number of para-hydroxylation sites is 1. The minimum Gasteiger partial charge on any atom is -0.494 e. The highest BCUT2D eigenvalue weighted by Crippen LogP contribution is 2.43. The highest BCUT2D eigenvalue weighted by molar-refractivity contribution is 9.10. The van der Waals surface area contributed by atoms with Gasteiger partial charge in [0.15, 0.2) is 0 Å². The van der Waals surface area contributed by atoms with Gasteiger partial charge in [-0.15, -0.1) is 0 Å². The third-order valence-corrected chi connectivity index (χ3v) is 8.72. The zero-order valence-electron chi connectivity index (χ0n) is 22.0. The monoisotopic (exact) mass is 595 g/mol. The van der Waals surface area contributed by atoms with Crippen molar-refractivity contribution >= 4 is 57.2 Å². The van der Waals surface area contributed by atoms with Crippen LogP contribution < -0.4 is 25.6 Å². The van der Waals surface area contributed by atoms with Crippen LogP contribution in [0.1, 0.15) is 19.5 Å². The van der Waals surface area contributed by atoms with Crippen LogP contribution in [0.5, 0.6) is 5.75 Å². The molecule has 2 aromatic carbocycles. The Morgan fingerprint density at radius 1 is 1.11 bits per heavy atom. The second-order valence-corrected chi connectivity index (χ2v) is 13.9. The van der Waals surface area contributed by atoms with E-state index < -0.39 is 7.14 Å². The zero-order valence-corrected chi connectivity index (χ0v) is 24.5. The number of rotatable bonds is 7. The van der Waals surface area contributed by atoms with Crippen LogP contribution in [0.3, 0.4) is 0 Å². The van der Waals surface area contributed by atoms with Crippen molar-refractivity contribution < 1.29 is 9.30 Å². The second kappa shape index (κ2) is 10.4. The Balaban J connectivity index is 1.53. The molecule has 11 heteroatoms. The van der Waals surface area contributed by atoms with Gasteiger partial charge in [-0.3, -0.25) is 5.10 Å². The number of nitrogens with one attached hydrogen (secondary N) is 3. The lowest BCUT2D eigenvalue weighted by Gasteiger charge is -2.30. The average Bonchev–Trinajstić information content (AvgIpc) is 3.28. The molecular weight excluding hydrogens is 565 g/mol. The average molecular weight is 596 g/mol. The highest BCUT2D eigenvalue weighted by Gasteiger charge is 2.25. The topological polar surface area (TPSA) is 108 Å². The van der Waals surface area contributed by atoms with Gasteiger partial charge in [0.1, 0.15) is 18.7 Å². The second-order valence-electron chi connectivity index (χ2n) is 9.88. The molecule has 1 aliphatic rings. The third-order valence-electron chi connectivity index (χ3n) is 6.59. The standard InChI is InChI=1S/C27H31BrN7O2P/c1-16(2)35-11-10-20-18(14-30-34-20)17-12-22(24(37-3)13-23(17)35)32-27-29-15-19(28)26(33-27)31-21-8-6-7-9-25(21)38(4,5)36/h6-9,12-16H,10-11H2,1-5H3,(H,30,34)(H2,29,31,32,33). The van der Waals surface area contributed by atoms with Crippen molar-refractivity contribution in [1.29, 1.82) is 0 Å². The van der Waals surface area contributed by atoms with Crippen LogP contribution in [0.2, 0.25) is 0 Å². The van der Waals surface area contributed by atoms with Crippen molar-refractivity contribution in [1.82, 2.24) is 20.2 Å². The minimum absolute atomic E-state index is 0.321. The van der Waals surface area contributed by atoms with Gasteiger partial charge in [0, 0.05) is 59.1 Å². The number of benzene rings is 2. The van der Waals surface area contributed by atoms with E-state index in [1.165, 1.54) is 0 Å². The molecule has 0 fully saturated rings.